The lowest BCUT2D eigenvalue weighted by atomic mass is 9.95. The Hall–Kier alpha value is -4.42. The van der Waals surface area contributed by atoms with Gasteiger partial charge < -0.3 is 4.42 Å². The Balaban J connectivity index is 1.63. The van der Waals surface area contributed by atoms with Gasteiger partial charge in [0.05, 0.1) is 5.56 Å². The summed E-state index contributed by atoms with van der Waals surface area (Å²) in [5.41, 5.74) is 6.20. The highest BCUT2D eigenvalue weighted by atomic mass is 16.3. The third kappa shape index (κ3) is 3.00. The molecule has 0 bridgehead atoms. The van der Waals surface area contributed by atoms with Crippen molar-refractivity contribution < 1.29 is 13.1 Å². The number of furan rings is 1. The quantitative estimate of drug-likeness (QED) is 0.262. The zero-order chi connectivity index (χ0) is 25.9. The van der Waals surface area contributed by atoms with Crippen molar-refractivity contribution in [2.24, 2.45) is 7.05 Å². The van der Waals surface area contributed by atoms with E-state index in [2.05, 4.69) is 30.3 Å². The molecule has 0 saturated carbocycles. The number of aromatic nitrogens is 1. The fourth-order valence-electron chi connectivity index (χ4n) is 4.85. The first kappa shape index (κ1) is 17.1. The molecule has 0 fully saturated rings. The molecule has 2 aromatic heterocycles. The zero-order valence-corrected chi connectivity index (χ0v) is 18.9. The van der Waals surface area contributed by atoms with Crippen LogP contribution in [0.2, 0.25) is 0 Å². The standard InChI is InChI=1S/C31H23N2O/c1-19-14-15-33(3)28(16-19)29-20(2)8-11-26-25-13-12-24(27(18-32)30(25)34-31(26)29)23-10-9-21-6-4-5-7-22(21)17-23/h4-17H,1-3H3/q+1/i1D3. The van der Waals surface area contributed by atoms with Gasteiger partial charge in [0, 0.05) is 32.6 Å². The number of hydrogen-bond donors (Lipinski definition) is 0. The molecule has 3 nitrogen and oxygen atoms in total. The summed E-state index contributed by atoms with van der Waals surface area (Å²) in [6.07, 6.45) is 1.76. The molecule has 4 aromatic carbocycles. The fourth-order valence-corrected chi connectivity index (χ4v) is 4.85. The van der Waals surface area contributed by atoms with E-state index in [0.717, 1.165) is 49.5 Å². The first-order valence-corrected chi connectivity index (χ1v) is 11.1. The molecule has 0 aliphatic heterocycles. The van der Waals surface area contributed by atoms with Crippen molar-refractivity contribution in [2.75, 3.05) is 0 Å². The maximum absolute atomic E-state index is 10.3. The highest BCUT2D eigenvalue weighted by molar-refractivity contribution is 6.12. The van der Waals surface area contributed by atoms with Crippen molar-refractivity contribution in [3.63, 3.8) is 0 Å². The molecule has 6 aromatic rings. The molecule has 0 N–H and O–H groups in total. The number of benzene rings is 4. The summed E-state index contributed by atoms with van der Waals surface area (Å²) in [4.78, 5) is 0. The van der Waals surface area contributed by atoms with Crippen molar-refractivity contribution >= 4 is 32.7 Å². The van der Waals surface area contributed by atoms with Gasteiger partial charge in [-0.2, -0.15) is 5.26 Å². The van der Waals surface area contributed by atoms with Crippen LogP contribution < -0.4 is 4.57 Å². The second-order valence-electron chi connectivity index (χ2n) is 8.69. The largest absolute Gasteiger partial charge is 0.454 e. The lowest BCUT2D eigenvalue weighted by molar-refractivity contribution is -0.660. The molecule has 0 spiro atoms. The van der Waals surface area contributed by atoms with Crippen molar-refractivity contribution in [3.8, 4) is 28.5 Å². The topological polar surface area (TPSA) is 40.8 Å². The Morgan fingerprint density at radius 1 is 0.882 bits per heavy atom. The molecule has 0 aliphatic rings. The summed E-state index contributed by atoms with van der Waals surface area (Å²) >= 11 is 0. The number of nitrogens with zero attached hydrogens (tertiary/aromatic N) is 2. The van der Waals surface area contributed by atoms with Gasteiger partial charge >= 0.3 is 0 Å². The first-order chi connectivity index (χ1) is 17.8. The molecule has 34 heavy (non-hydrogen) atoms. The lowest BCUT2D eigenvalue weighted by Crippen LogP contribution is -2.30. The highest BCUT2D eigenvalue weighted by Crippen LogP contribution is 2.40. The Bertz CT molecular complexity index is 1910. The number of aryl methyl sites for hydroxylation is 3. The number of rotatable bonds is 2. The molecule has 0 saturated heterocycles. The Morgan fingerprint density at radius 3 is 2.50 bits per heavy atom. The molecule has 0 amide bonds. The van der Waals surface area contributed by atoms with Crippen LogP contribution in [0.25, 0.3) is 55.1 Å². The maximum atomic E-state index is 10.3. The van der Waals surface area contributed by atoms with E-state index >= 15 is 0 Å². The third-order valence-corrected chi connectivity index (χ3v) is 6.60. The van der Waals surface area contributed by atoms with Crippen molar-refractivity contribution in [1.29, 1.82) is 5.26 Å². The summed E-state index contributed by atoms with van der Waals surface area (Å²) in [6, 6.07) is 28.0. The van der Waals surface area contributed by atoms with Gasteiger partial charge in [0.25, 0.3) is 0 Å². The Labute approximate surface area is 202 Å². The normalized spacial score (nSPS) is 13.0. The van der Waals surface area contributed by atoms with Gasteiger partial charge in [-0.05, 0) is 53.4 Å². The molecule has 0 unspecified atom stereocenters. The van der Waals surface area contributed by atoms with E-state index < -0.39 is 6.85 Å². The first-order valence-electron chi connectivity index (χ1n) is 12.6. The van der Waals surface area contributed by atoms with E-state index in [9.17, 15) is 5.26 Å². The predicted molar refractivity (Wildman–Crippen MR) is 137 cm³/mol. The lowest BCUT2D eigenvalue weighted by Gasteiger charge is -2.07. The van der Waals surface area contributed by atoms with Crippen LogP contribution in [0.3, 0.4) is 0 Å². The second-order valence-corrected chi connectivity index (χ2v) is 8.69. The Kier molecular flexibility index (Phi) is 3.81. The molecular weight excluding hydrogens is 416 g/mol. The smallest absolute Gasteiger partial charge is 0.216 e. The number of pyridine rings is 1. The Morgan fingerprint density at radius 2 is 1.68 bits per heavy atom. The van der Waals surface area contributed by atoms with Crippen molar-refractivity contribution in [3.05, 3.63) is 102 Å². The number of fused-ring (bicyclic) bond motifs is 4. The van der Waals surface area contributed by atoms with Gasteiger partial charge in [0.2, 0.25) is 5.69 Å². The number of hydrogen-bond acceptors (Lipinski definition) is 2. The van der Waals surface area contributed by atoms with Gasteiger partial charge in [-0.1, -0.05) is 54.6 Å². The third-order valence-electron chi connectivity index (χ3n) is 6.60. The van der Waals surface area contributed by atoms with Crippen LogP contribution >= 0.6 is 0 Å². The SMILES string of the molecule is [2H]C([2H])([2H])c1cc[n+](C)c(-c2c(C)ccc3c2oc2c(C#N)c(-c4ccc5ccccc5c4)ccc23)c1. The summed E-state index contributed by atoms with van der Waals surface area (Å²) in [5.74, 6) is 0. The van der Waals surface area contributed by atoms with Crippen molar-refractivity contribution in [2.45, 2.75) is 13.8 Å². The minimum atomic E-state index is -2.22. The van der Waals surface area contributed by atoms with E-state index in [0.29, 0.717) is 16.7 Å². The van der Waals surface area contributed by atoms with Crippen LogP contribution in [-0.2, 0) is 7.05 Å². The van der Waals surface area contributed by atoms with Crippen LogP contribution in [0.4, 0.5) is 0 Å². The van der Waals surface area contributed by atoms with E-state index in [1.165, 1.54) is 0 Å². The van der Waals surface area contributed by atoms with E-state index in [4.69, 9.17) is 8.53 Å². The molecule has 0 aliphatic carbocycles. The molecule has 0 radical (unpaired) electrons. The molecular formula is C31H23N2O+. The van der Waals surface area contributed by atoms with Crippen LogP contribution in [0.15, 0.2) is 89.5 Å². The molecule has 2 heterocycles. The minimum absolute atomic E-state index is 0.268. The van der Waals surface area contributed by atoms with Gasteiger partial charge in [-0.3, -0.25) is 0 Å². The highest BCUT2D eigenvalue weighted by Gasteiger charge is 2.23. The van der Waals surface area contributed by atoms with Crippen LogP contribution in [0.5, 0.6) is 0 Å². The molecule has 6 rings (SSSR count). The molecule has 0 atom stereocenters. The van der Waals surface area contributed by atoms with Gasteiger partial charge in [-0.25, -0.2) is 4.57 Å². The average Bonchev–Trinajstić information content (AvgIpc) is 3.26. The summed E-state index contributed by atoms with van der Waals surface area (Å²) in [5, 5.41) is 14.2. The van der Waals surface area contributed by atoms with E-state index in [1.54, 1.807) is 18.3 Å². The van der Waals surface area contributed by atoms with Crippen LogP contribution in [-0.4, -0.2) is 0 Å². The molecule has 3 heteroatoms. The van der Waals surface area contributed by atoms with E-state index in [-0.39, 0.29) is 5.56 Å². The maximum Gasteiger partial charge on any atom is 0.216 e. The fraction of sp³-hybridized carbons (Fsp3) is 0.0968. The van der Waals surface area contributed by atoms with Crippen LogP contribution in [0, 0.1) is 25.1 Å². The monoisotopic (exact) mass is 442 g/mol. The molecule has 162 valence electrons. The summed E-state index contributed by atoms with van der Waals surface area (Å²) in [7, 11) is 1.89. The van der Waals surface area contributed by atoms with Gasteiger partial charge in [-0.15, -0.1) is 0 Å². The predicted octanol–water partition coefficient (Wildman–Crippen LogP) is 7.39. The minimum Gasteiger partial charge on any atom is -0.454 e. The van der Waals surface area contributed by atoms with E-state index in [1.807, 2.05) is 61.0 Å². The van der Waals surface area contributed by atoms with Crippen LogP contribution in [0.1, 0.15) is 20.8 Å². The summed E-state index contributed by atoms with van der Waals surface area (Å²) < 4.78 is 32.0. The second kappa shape index (κ2) is 7.57. The zero-order valence-electron chi connectivity index (χ0n) is 21.9. The number of nitriles is 1. The average molecular weight is 443 g/mol. The van der Waals surface area contributed by atoms with Gasteiger partial charge in [0.1, 0.15) is 24.3 Å². The van der Waals surface area contributed by atoms with Gasteiger partial charge in [0.15, 0.2) is 11.8 Å². The summed E-state index contributed by atoms with van der Waals surface area (Å²) in [6.45, 7) is -0.239. The van der Waals surface area contributed by atoms with Crippen molar-refractivity contribution in [1.82, 2.24) is 0 Å².